The molecule has 174 valence electrons. The molecule has 1 fully saturated rings. The quantitative estimate of drug-likeness (QED) is 0.490. The summed E-state index contributed by atoms with van der Waals surface area (Å²) in [5, 5.41) is 2.68. The molecule has 0 aliphatic carbocycles. The Hall–Kier alpha value is -3.00. The standard InChI is InChI=1S/C18H20F3N5O5S/c1-17(2,25-15(27)12-5-3-4-6-22-12)13-11-14(31-32(28,29)18(19,20)21)24-16(23-13)26-7-9-30-10-8-26/h3-6,11H,7-10H2,1-2H3,(H,25,27). The molecule has 1 saturated heterocycles. The van der Waals surface area contributed by atoms with Crippen LogP contribution in [0.4, 0.5) is 19.1 Å². The predicted octanol–water partition coefficient (Wildman–Crippen LogP) is 1.60. The minimum absolute atomic E-state index is 0.0330. The van der Waals surface area contributed by atoms with E-state index in [1.54, 1.807) is 30.9 Å². The number of anilines is 1. The maximum absolute atomic E-state index is 12.8. The first-order chi connectivity index (χ1) is 14.9. The fourth-order valence-corrected chi connectivity index (χ4v) is 3.15. The van der Waals surface area contributed by atoms with Gasteiger partial charge in [0.2, 0.25) is 11.8 Å². The van der Waals surface area contributed by atoms with Crippen LogP contribution in [0.2, 0.25) is 0 Å². The van der Waals surface area contributed by atoms with Crippen molar-refractivity contribution in [2.75, 3.05) is 31.2 Å². The van der Waals surface area contributed by atoms with E-state index in [4.69, 9.17) is 4.74 Å². The molecular formula is C18H20F3N5O5S. The Balaban J connectivity index is 1.98. The number of pyridine rings is 1. The van der Waals surface area contributed by atoms with Gasteiger partial charge in [0.15, 0.2) is 0 Å². The summed E-state index contributed by atoms with van der Waals surface area (Å²) in [5.74, 6) is -1.44. The number of ether oxygens (including phenoxy) is 1. The molecule has 3 heterocycles. The summed E-state index contributed by atoms with van der Waals surface area (Å²) in [5.41, 5.74) is -6.75. The van der Waals surface area contributed by atoms with Crippen LogP contribution in [0.5, 0.6) is 5.88 Å². The molecule has 3 rings (SSSR count). The Kier molecular flexibility index (Phi) is 6.55. The summed E-state index contributed by atoms with van der Waals surface area (Å²) in [6.07, 6.45) is 1.43. The fourth-order valence-electron chi connectivity index (χ4n) is 2.75. The second kappa shape index (κ2) is 8.86. The van der Waals surface area contributed by atoms with Gasteiger partial charge in [0.25, 0.3) is 5.91 Å². The first-order valence-corrected chi connectivity index (χ1v) is 10.8. The third kappa shape index (κ3) is 5.43. The number of hydrogen-bond donors (Lipinski definition) is 1. The third-order valence-electron chi connectivity index (χ3n) is 4.43. The van der Waals surface area contributed by atoms with Gasteiger partial charge in [-0.3, -0.25) is 9.78 Å². The monoisotopic (exact) mass is 475 g/mol. The molecule has 1 amide bonds. The van der Waals surface area contributed by atoms with E-state index < -0.39 is 33.0 Å². The normalized spacial score (nSPS) is 15.3. The number of alkyl halides is 3. The molecule has 32 heavy (non-hydrogen) atoms. The molecule has 1 aliphatic heterocycles. The molecule has 2 aromatic rings. The van der Waals surface area contributed by atoms with Crippen molar-refractivity contribution >= 4 is 22.0 Å². The molecule has 1 aliphatic rings. The largest absolute Gasteiger partial charge is 0.534 e. The Labute approximate surface area is 181 Å². The highest BCUT2D eigenvalue weighted by Gasteiger charge is 2.49. The molecule has 2 aromatic heterocycles. The zero-order valence-electron chi connectivity index (χ0n) is 17.1. The van der Waals surface area contributed by atoms with Crippen LogP contribution >= 0.6 is 0 Å². The van der Waals surface area contributed by atoms with Crippen LogP contribution in [-0.2, 0) is 20.4 Å². The maximum Gasteiger partial charge on any atom is 0.534 e. The molecular weight excluding hydrogens is 455 g/mol. The molecule has 14 heteroatoms. The average molecular weight is 475 g/mol. The van der Waals surface area contributed by atoms with Crippen molar-refractivity contribution in [1.29, 1.82) is 0 Å². The lowest BCUT2D eigenvalue weighted by Crippen LogP contribution is -2.43. The van der Waals surface area contributed by atoms with Crippen LogP contribution in [0, 0.1) is 0 Å². The Morgan fingerprint density at radius 2 is 1.88 bits per heavy atom. The molecule has 1 N–H and O–H groups in total. The summed E-state index contributed by atoms with van der Waals surface area (Å²) >= 11 is 0. The molecule has 0 unspecified atom stereocenters. The van der Waals surface area contributed by atoms with Crippen molar-refractivity contribution in [3.63, 3.8) is 0 Å². The number of amides is 1. The highest BCUT2D eigenvalue weighted by molar-refractivity contribution is 7.87. The van der Waals surface area contributed by atoms with Crippen molar-refractivity contribution in [1.82, 2.24) is 20.3 Å². The summed E-state index contributed by atoms with van der Waals surface area (Å²) < 4.78 is 71.0. The lowest BCUT2D eigenvalue weighted by molar-refractivity contribution is -0.0501. The number of rotatable bonds is 6. The molecule has 0 radical (unpaired) electrons. The Bertz CT molecular complexity index is 1070. The lowest BCUT2D eigenvalue weighted by atomic mass is 10.00. The van der Waals surface area contributed by atoms with Gasteiger partial charge >= 0.3 is 15.6 Å². The second-order valence-corrected chi connectivity index (χ2v) is 8.81. The number of morpholine rings is 1. The van der Waals surface area contributed by atoms with Crippen LogP contribution < -0.4 is 14.4 Å². The van der Waals surface area contributed by atoms with E-state index in [1.807, 2.05) is 0 Å². The summed E-state index contributed by atoms with van der Waals surface area (Å²) in [7, 11) is -5.96. The topological polar surface area (TPSA) is 124 Å². The van der Waals surface area contributed by atoms with Gasteiger partial charge in [0.1, 0.15) is 5.69 Å². The zero-order chi connectivity index (χ0) is 23.6. The number of nitrogens with zero attached hydrogens (tertiary/aromatic N) is 4. The van der Waals surface area contributed by atoms with Crippen molar-refractivity contribution in [3.05, 3.63) is 41.9 Å². The van der Waals surface area contributed by atoms with Crippen molar-refractivity contribution in [2.45, 2.75) is 24.9 Å². The smallest absolute Gasteiger partial charge is 0.378 e. The number of carbonyl (C=O) groups excluding carboxylic acids is 1. The second-order valence-electron chi connectivity index (χ2n) is 7.27. The fraction of sp³-hybridized carbons (Fsp3) is 0.444. The number of carbonyl (C=O) groups is 1. The third-order valence-corrected chi connectivity index (χ3v) is 5.38. The average Bonchev–Trinajstić information content (AvgIpc) is 2.73. The number of nitrogens with one attached hydrogen (secondary N) is 1. The highest BCUT2D eigenvalue weighted by atomic mass is 32.2. The predicted molar refractivity (Wildman–Crippen MR) is 105 cm³/mol. The van der Waals surface area contributed by atoms with E-state index in [0.29, 0.717) is 26.3 Å². The van der Waals surface area contributed by atoms with E-state index in [9.17, 15) is 26.4 Å². The van der Waals surface area contributed by atoms with Gasteiger partial charge in [0.05, 0.1) is 24.4 Å². The van der Waals surface area contributed by atoms with Gasteiger partial charge in [-0.25, -0.2) is 4.98 Å². The van der Waals surface area contributed by atoms with Crippen LogP contribution in [-0.4, -0.2) is 61.1 Å². The summed E-state index contributed by atoms with van der Waals surface area (Å²) in [6.45, 7) is 4.39. The van der Waals surface area contributed by atoms with Gasteiger partial charge in [0, 0.05) is 25.4 Å². The van der Waals surface area contributed by atoms with Crippen molar-refractivity contribution < 1.29 is 35.3 Å². The van der Waals surface area contributed by atoms with Crippen molar-refractivity contribution in [3.8, 4) is 5.88 Å². The van der Waals surface area contributed by atoms with Gasteiger partial charge < -0.3 is 19.1 Å². The van der Waals surface area contributed by atoms with Gasteiger partial charge in [-0.05, 0) is 26.0 Å². The number of aromatic nitrogens is 3. The van der Waals surface area contributed by atoms with Gasteiger partial charge in [-0.1, -0.05) is 6.07 Å². The molecule has 0 saturated carbocycles. The van der Waals surface area contributed by atoms with Crippen LogP contribution in [0.3, 0.4) is 0 Å². The maximum atomic E-state index is 12.8. The molecule has 0 bridgehead atoms. The van der Waals surface area contributed by atoms with E-state index in [1.165, 1.54) is 12.3 Å². The SMILES string of the molecule is CC(C)(NC(=O)c1ccccn1)c1cc(OS(=O)(=O)C(F)(F)F)nc(N2CCOCC2)n1. The van der Waals surface area contributed by atoms with Crippen LogP contribution in [0.15, 0.2) is 30.5 Å². The number of halogens is 3. The summed E-state index contributed by atoms with van der Waals surface area (Å²) in [6, 6.07) is 5.66. The van der Waals surface area contributed by atoms with E-state index in [2.05, 4.69) is 24.5 Å². The first kappa shape index (κ1) is 23.7. The van der Waals surface area contributed by atoms with E-state index in [-0.39, 0.29) is 17.3 Å². The van der Waals surface area contributed by atoms with Crippen LogP contribution in [0.25, 0.3) is 0 Å². The Morgan fingerprint density at radius 1 is 1.19 bits per heavy atom. The van der Waals surface area contributed by atoms with E-state index >= 15 is 0 Å². The van der Waals surface area contributed by atoms with E-state index in [0.717, 1.165) is 6.07 Å². The first-order valence-electron chi connectivity index (χ1n) is 9.35. The minimum atomic E-state index is -5.96. The molecule has 10 nitrogen and oxygen atoms in total. The zero-order valence-corrected chi connectivity index (χ0v) is 17.9. The highest BCUT2D eigenvalue weighted by Crippen LogP contribution is 2.30. The molecule has 0 spiro atoms. The molecule has 0 atom stereocenters. The van der Waals surface area contributed by atoms with Gasteiger partial charge in [-0.15, -0.1) is 0 Å². The Morgan fingerprint density at radius 3 is 2.47 bits per heavy atom. The minimum Gasteiger partial charge on any atom is -0.378 e. The van der Waals surface area contributed by atoms with Gasteiger partial charge in [-0.2, -0.15) is 26.6 Å². The van der Waals surface area contributed by atoms with Crippen LogP contribution in [0.1, 0.15) is 30.0 Å². The number of hydrogen-bond acceptors (Lipinski definition) is 9. The summed E-state index contributed by atoms with van der Waals surface area (Å²) in [4.78, 5) is 26.3. The van der Waals surface area contributed by atoms with Crippen molar-refractivity contribution in [2.24, 2.45) is 0 Å². The molecule has 0 aromatic carbocycles. The lowest BCUT2D eigenvalue weighted by Gasteiger charge is -2.30.